The van der Waals surface area contributed by atoms with E-state index in [1.165, 1.54) is 18.2 Å². The first kappa shape index (κ1) is 35.4. The van der Waals surface area contributed by atoms with E-state index < -0.39 is 30.1 Å². The molecule has 1 aromatic heterocycles. The summed E-state index contributed by atoms with van der Waals surface area (Å²) in [6.45, 7) is 4.57. The van der Waals surface area contributed by atoms with Gasteiger partial charge in [0.2, 0.25) is 0 Å². The maximum atomic E-state index is 13.3. The van der Waals surface area contributed by atoms with Gasteiger partial charge in [-0.05, 0) is 23.4 Å². The molecule has 0 aliphatic carbocycles. The van der Waals surface area contributed by atoms with Crippen LogP contribution >= 0.6 is 11.6 Å². The van der Waals surface area contributed by atoms with E-state index in [9.17, 15) is 35.9 Å². The Balaban J connectivity index is 0.000000497. The van der Waals surface area contributed by atoms with Gasteiger partial charge in [0, 0.05) is 39.3 Å². The number of carboxylic acids is 2. The summed E-state index contributed by atoms with van der Waals surface area (Å²) in [7, 11) is 0. The zero-order chi connectivity index (χ0) is 31.4. The van der Waals surface area contributed by atoms with Crippen LogP contribution in [0.25, 0.3) is 0 Å². The lowest BCUT2D eigenvalue weighted by Crippen LogP contribution is -2.46. The van der Waals surface area contributed by atoms with Crippen LogP contribution in [0.15, 0.2) is 27.8 Å². The van der Waals surface area contributed by atoms with E-state index in [2.05, 4.69) is 25.1 Å². The number of β-amino-alcohol motifs (C(OH)–C–C–N with tert-alkyl or cyclic N) is 1. The van der Waals surface area contributed by atoms with E-state index in [0.29, 0.717) is 24.5 Å². The molecule has 0 saturated carbocycles. The van der Waals surface area contributed by atoms with Crippen molar-refractivity contribution in [2.45, 2.75) is 18.9 Å². The van der Waals surface area contributed by atoms with Crippen molar-refractivity contribution in [1.29, 1.82) is 0 Å². The smallest absolute Gasteiger partial charge is 0.475 e. The number of rotatable bonds is 6. The molecule has 1 aromatic carbocycles. The number of hydrogen-bond acceptors (Lipinski definition) is 10. The van der Waals surface area contributed by atoms with Crippen molar-refractivity contribution in [2.75, 3.05) is 39.3 Å². The van der Waals surface area contributed by atoms with Crippen LogP contribution in [-0.2, 0) is 16.1 Å². The van der Waals surface area contributed by atoms with Crippen LogP contribution < -0.4 is 5.48 Å². The number of nitrogens with zero attached hydrogens (tertiary/aromatic N) is 5. The summed E-state index contributed by atoms with van der Waals surface area (Å²) in [5, 5.41) is 40.4. The number of hydroxylamine groups is 1. The number of halogens is 8. The number of hydrogen-bond donors (Lipinski definition) is 5. The van der Waals surface area contributed by atoms with Crippen molar-refractivity contribution in [2.24, 2.45) is 4.99 Å². The van der Waals surface area contributed by atoms with E-state index in [4.69, 9.17) is 41.1 Å². The van der Waals surface area contributed by atoms with Gasteiger partial charge in [-0.2, -0.15) is 26.3 Å². The van der Waals surface area contributed by atoms with Crippen LogP contribution in [0.3, 0.4) is 0 Å². The largest absolute Gasteiger partial charge is 0.490 e. The highest BCUT2D eigenvalue weighted by Gasteiger charge is 2.38. The summed E-state index contributed by atoms with van der Waals surface area (Å²) < 4.78 is 81.6. The fourth-order valence-corrected chi connectivity index (χ4v) is 3.00. The number of alkyl halides is 6. The topological polar surface area (TPSA) is 185 Å². The second-order valence-electron chi connectivity index (χ2n) is 7.68. The predicted octanol–water partition coefficient (Wildman–Crippen LogP) is 2.30. The second kappa shape index (κ2) is 16.0. The third kappa shape index (κ3) is 12.6. The van der Waals surface area contributed by atoms with Gasteiger partial charge in [0.1, 0.15) is 11.5 Å². The Labute approximate surface area is 230 Å². The minimum atomic E-state index is -5.08. The molecule has 2 heterocycles. The Kier molecular flexibility index (Phi) is 13.8. The summed E-state index contributed by atoms with van der Waals surface area (Å²) in [5.41, 5.74) is 3.10. The number of amidine groups is 1. The monoisotopic (exact) mass is 626 g/mol. The quantitative estimate of drug-likeness (QED) is 0.137. The Hall–Kier alpha value is -3.59. The summed E-state index contributed by atoms with van der Waals surface area (Å²) in [6, 6.07) is 3.94. The molecule has 1 aliphatic heterocycles. The summed E-state index contributed by atoms with van der Waals surface area (Å²) >= 11 is 5.76. The fourth-order valence-electron chi connectivity index (χ4n) is 2.83. The van der Waals surface area contributed by atoms with Gasteiger partial charge in [-0.3, -0.25) is 20.5 Å². The van der Waals surface area contributed by atoms with Crippen LogP contribution in [0.4, 0.5) is 36.4 Å². The maximum absolute atomic E-state index is 13.3. The number of aliphatic hydroxyl groups excluding tert-OH is 1. The van der Waals surface area contributed by atoms with E-state index >= 15 is 0 Å². The van der Waals surface area contributed by atoms with Gasteiger partial charge in [0.25, 0.3) is 0 Å². The van der Waals surface area contributed by atoms with Crippen molar-refractivity contribution in [1.82, 2.24) is 25.6 Å². The molecular weight excluding hydrogens is 605 g/mol. The SMILES string of the molecule is O=C(O)C(F)(F)F.O=C(O)C(F)(F)F.OCCN1CCN(Cc2nonc2C(=Nc2ccc(F)c(Cl)c2)NO)CC1. The van der Waals surface area contributed by atoms with Crippen molar-refractivity contribution < 1.29 is 65.5 Å². The van der Waals surface area contributed by atoms with Gasteiger partial charge in [-0.1, -0.05) is 16.8 Å². The molecule has 0 spiro atoms. The molecule has 2 aromatic rings. The lowest BCUT2D eigenvalue weighted by Gasteiger charge is -2.33. The first-order valence-electron chi connectivity index (χ1n) is 10.9. The number of nitrogens with one attached hydrogen (secondary N) is 1. The third-order valence-electron chi connectivity index (χ3n) is 4.77. The van der Waals surface area contributed by atoms with Gasteiger partial charge in [0.05, 0.1) is 17.3 Å². The van der Waals surface area contributed by atoms with Crippen molar-refractivity contribution in [3.63, 3.8) is 0 Å². The second-order valence-corrected chi connectivity index (χ2v) is 8.08. The van der Waals surface area contributed by atoms with Gasteiger partial charge >= 0.3 is 24.3 Å². The number of benzene rings is 1. The number of aliphatic hydroxyl groups is 1. The predicted molar refractivity (Wildman–Crippen MR) is 123 cm³/mol. The highest BCUT2D eigenvalue weighted by Crippen LogP contribution is 2.22. The molecule has 0 unspecified atom stereocenters. The molecule has 0 radical (unpaired) electrons. The zero-order valence-corrected chi connectivity index (χ0v) is 21.2. The Morgan fingerprint density at radius 3 is 1.95 bits per heavy atom. The van der Waals surface area contributed by atoms with Crippen LogP contribution in [0.1, 0.15) is 11.4 Å². The van der Waals surface area contributed by atoms with Crippen LogP contribution in [0.2, 0.25) is 5.02 Å². The molecule has 0 atom stereocenters. The summed E-state index contributed by atoms with van der Waals surface area (Å²) in [5.74, 6) is -6.05. The highest BCUT2D eigenvalue weighted by molar-refractivity contribution is 6.31. The molecule has 41 heavy (non-hydrogen) atoms. The first-order chi connectivity index (χ1) is 19.0. The van der Waals surface area contributed by atoms with E-state index in [0.717, 1.165) is 26.2 Å². The number of aromatic nitrogens is 2. The molecule has 0 bridgehead atoms. The summed E-state index contributed by atoms with van der Waals surface area (Å²) in [4.78, 5) is 26.3. The zero-order valence-electron chi connectivity index (χ0n) is 20.5. The Morgan fingerprint density at radius 2 is 1.51 bits per heavy atom. The van der Waals surface area contributed by atoms with Crippen molar-refractivity contribution >= 4 is 35.1 Å². The van der Waals surface area contributed by atoms with E-state index in [1.807, 2.05) is 5.48 Å². The van der Waals surface area contributed by atoms with Crippen LogP contribution in [0, 0.1) is 5.82 Å². The number of aliphatic carboxylic acids is 2. The number of aliphatic imine (C=N–C) groups is 1. The molecule has 3 rings (SSSR count). The highest BCUT2D eigenvalue weighted by atomic mass is 35.5. The van der Waals surface area contributed by atoms with Gasteiger partial charge < -0.3 is 15.3 Å². The lowest BCUT2D eigenvalue weighted by atomic mass is 10.2. The van der Waals surface area contributed by atoms with Gasteiger partial charge in [-0.25, -0.2) is 23.6 Å². The number of carbonyl (C=O) groups is 2. The Morgan fingerprint density at radius 1 is 1.00 bits per heavy atom. The molecule has 5 N–H and O–H groups in total. The normalized spacial score (nSPS) is 14.8. The van der Waals surface area contributed by atoms with E-state index in [1.54, 1.807) is 0 Å². The van der Waals surface area contributed by atoms with Gasteiger partial charge in [0.15, 0.2) is 11.5 Å². The number of carboxylic acid groups (broad SMARTS) is 2. The minimum Gasteiger partial charge on any atom is -0.475 e. The Bertz CT molecular complexity index is 1150. The lowest BCUT2D eigenvalue weighted by molar-refractivity contribution is -0.193. The van der Waals surface area contributed by atoms with Crippen molar-refractivity contribution in [3.8, 4) is 0 Å². The standard InChI is InChI=1S/C16H20ClFN6O3.2C2HF3O2/c17-12-9-11(1-2-13(12)18)19-16(20-26)15-14(21-27-22-15)10-24-5-3-23(4-6-24)7-8-25;2*3-2(4,5)1(6)7/h1-2,9,25-26H,3-8,10H2,(H,19,20);2*(H,6,7). The summed E-state index contributed by atoms with van der Waals surface area (Å²) in [6.07, 6.45) is -10.2. The van der Waals surface area contributed by atoms with Crippen LogP contribution in [0.5, 0.6) is 0 Å². The molecule has 13 nitrogen and oxygen atoms in total. The molecule has 1 aliphatic rings. The first-order valence-corrected chi connectivity index (χ1v) is 11.3. The molecule has 1 fully saturated rings. The average molecular weight is 627 g/mol. The maximum Gasteiger partial charge on any atom is 0.490 e. The third-order valence-corrected chi connectivity index (χ3v) is 5.06. The number of piperazine rings is 1. The molecule has 1 saturated heterocycles. The molecule has 230 valence electrons. The molecular formula is C20H22ClF7N6O7. The molecule has 0 amide bonds. The minimum absolute atomic E-state index is 0.0211. The average Bonchev–Trinajstić information content (AvgIpc) is 3.33. The van der Waals surface area contributed by atoms with E-state index in [-0.39, 0.29) is 23.2 Å². The molecule has 21 heteroatoms. The van der Waals surface area contributed by atoms with Crippen LogP contribution in [-0.4, -0.2) is 110 Å². The van der Waals surface area contributed by atoms with Crippen molar-refractivity contribution in [3.05, 3.63) is 40.4 Å². The fraction of sp³-hybridized carbons (Fsp3) is 0.450. The van der Waals surface area contributed by atoms with Gasteiger partial charge in [-0.15, -0.1) is 0 Å².